The summed E-state index contributed by atoms with van der Waals surface area (Å²) < 4.78 is 0. The Morgan fingerprint density at radius 1 is 1.22 bits per heavy atom. The smallest absolute Gasteiger partial charge is 0.252 e. The molecule has 2 aromatic rings. The number of carbonyl (C=O) groups excluding carboxylic acids is 1. The van der Waals surface area contributed by atoms with E-state index in [1.807, 2.05) is 32.2 Å². The predicted octanol–water partition coefficient (Wildman–Crippen LogP) is 3.21. The van der Waals surface area contributed by atoms with E-state index in [2.05, 4.69) is 16.7 Å². The number of aromatic nitrogens is 1. The van der Waals surface area contributed by atoms with Crippen LogP contribution in [-0.4, -0.2) is 31.0 Å². The van der Waals surface area contributed by atoms with E-state index in [4.69, 9.17) is 4.98 Å². The molecular weight excluding hydrogens is 333 g/mol. The Morgan fingerprint density at radius 3 is 2.61 bits per heavy atom. The molecule has 0 radical (unpaired) electrons. The number of halogens is 2. The summed E-state index contributed by atoms with van der Waals surface area (Å²) in [5.41, 5.74) is 3.88. The van der Waals surface area contributed by atoms with Crippen molar-refractivity contribution in [2.45, 2.75) is 25.7 Å². The Kier molecular flexibility index (Phi) is 7.26. The van der Waals surface area contributed by atoms with Crippen molar-refractivity contribution in [1.29, 1.82) is 0 Å². The van der Waals surface area contributed by atoms with Crippen molar-refractivity contribution in [3.05, 3.63) is 41.1 Å². The van der Waals surface area contributed by atoms with Crippen LogP contribution in [0.1, 0.15) is 40.4 Å². The van der Waals surface area contributed by atoms with Crippen molar-refractivity contribution in [3.8, 4) is 0 Å². The second kappa shape index (κ2) is 8.48. The Hall–Kier alpha value is -1.36. The molecule has 1 heterocycles. The van der Waals surface area contributed by atoms with E-state index in [0.717, 1.165) is 34.3 Å². The minimum Gasteiger partial charge on any atom is -0.351 e. The molecule has 4 nitrogen and oxygen atoms in total. The lowest BCUT2D eigenvalue weighted by Gasteiger charge is -2.10. The Balaban J connectivity index is 0.00000132. The highest BCUT2D eigenvalue weighted by molar-refractivity contribution is 6.06. The summed E-state index contributed by atoms with van der Waals surface area (Å²) >= 11 is 0. The van der Waals surface area contributed by atoms with Crippen molar-refractivity contribution >= 4 is 41.6 Å². The van der Waals surface area contributed by atoms with Gasteiger partial charge in [0.25, 0.3) is 5.91 Å². The van der Waals surface area contributed by atoms with Crippen LogP contribution in [0.15, 0.2) is 24.3 Å². The van der Waals surface area contributed by atoms with Crippen molar-refractivity contribution in [3.63, 3.8) is 0 Å². The first-order valence-electron chi connectivity index (χ1n) is 7.53. The third-order valence-corrected chi connectivity index (χ3v) is 3.88. The zero-order chi connectivity index (χ0) is 14.8. The average molecular weight is 356 g/mol. The fourth-order valence-electron chi connectivity index (χ4n) is 2.53. The number of nitrogens with zero attached hydrogens (tertiary/aromatic N) is 1. The first kappa shape index (κ1) is 19.7. The lowest BCUT2D eigenvalue weighted by Crippen LogP contribution is -2.30. The van der Waals surface area contributed by atoms with Crippen LogP contribution in [0.5, 0.6) is 0 Å². The Morgan fingerprint density at radius 2 is 1.96 bits per heavy atom. The molecule has 126 valence electrons. The van der Waals surface area contributed by atoms with Crippen LogP contribution >= 0.6 is 24.8 Å². The molecular formula is C17H23Cl2N3O. The molecule has 23 heavy (non-hydrogen) atoms. The van der Waals surface area contributed by atoms with Gasteiger partial charge in [0.15, 0.2) is 0 Å². The summed E-state index contributed by atoms with van der Waals surface area (Å²) in [6.07, 6.45) is 2.37. The lowest BCUT2D eigenvalue weighted by atomic mass is 10.0. The van der Waals surface area contributed by atoms with Gasteiger partial charge in [-0.1, -0.05) is 11.6 Å². The van der Waals surface area contributed by atoms with Crippen LogP contribution in [0.4, 0.5) is 0 Å². The second-order valence-electron chi connectivity index (χ2n) is 5.75. The molecule has 1 aromatic heterocycles. The number of fused-ring (bicyclic) bond motifs is 1. The third kappa shape index (κ3) is 4.56. The normalized spacial score (nSPS) is 13.1. The van der Waals surface area contributed by atoms with Crippen molar-refractivity contribution < 1.29 is 4.79 Å². The number of benzene rings is 1. The topological polar surface area (TPSA) is 54.0 Å². The van der Waals surface area contributed by atoms with Crippen molar-refractivity contribution in [2.75, 3.05) is 20.1 Å². The van der Waals surface area contributed by atoms with Gasteiger partial charge < -0.3 is 10.6 Å². The third-order valence-electron chi connectivity index (χ3n) is 3.88. The highest BCUT2D eigenvalue weighted by atomic mass is 35.5. The summed E-state index contributed by atoms with van der Waals surface area (Å²) in [6.45, 7) is 3.43. The van der Waals surface area contributed by atoms with E-state index in [9.17, 15) is 4.79 Å². The molecule has 1 aliphatic rings. The largest absolute Gasteiger partial charge is 0.351 e. The van der Waals surface area contributed by atoms with Gasteiger partial charge in [-0.15, -0.1) is 24.8 Å². The minimum atomic E-state index is -0.00912. The van der Waals surface area contributed by atoms with Gasteiger partial charge in [0.05, 0.1) is 11.1 Å². The molecule has 1 fully saturated rings. The van der Waals surface area contributed by atoms with Crippen LogP contribution in [-0.2, 0) is 0 Å². The summed E-state index contributed by atoms with van der Waals surface area (Å²) in [7, 11) is 1.88. The van der Waals surface area contributed by atoms with Crippen molar-refractivity contribution in [2.24, 2.45) is 0 Å². The minimum absolute atomic E-state index is 0. The number of carbonyl (C=O) groups is 1. The summed E-state index contributed by atoms with van der Waals surface area (Å²) in [5.74, 6) is 0.532. The van der Waals surface area contributed by atoms with Gasteiger partial charge >= 0.3 is 0 Å². The molecule has 0 unspecified atom stereocenters. The van der Waals surface area contributed by atoms with E-state index < -0.39 is 0 Å². The zero-order valence-electron chi connectivity index (χ0n) is 13.4. The number of amides is 1. The maximum atomic E-state index is 12.5. The van der Waals surface area contributed by atoms with Crippen molar-refractivity contribution in [1.82, 2.24) is 15.6 Å². The zero-order valence-corrected chi connectivity index (χ0v) is 15.0. The number of rotatable bonds is 5. The quantitative estimate of drug-likeness (QED) is 0.809. The fraction of sp³-hybridized carbons (Fsp3) is 0.412. The molecule has 1 aliphatic carbocycles. The standard InChI is InChI=1S/C17H21N3O.2ClH/c1-11-3-6-15-13(9-11)14(17(21)19-8-7-18-2)10-16(20-15)12-4-5-12;;/h3,6,9-10,12,18H,4-5,7-8H2,1-2H3,(H,19,21);2*1H. The van der Waals surface area contributed by atoms with Crippen LogP contribution < -0.4 is 10.6 Å². The second-order valence-corrected chi connectivity index (χ2v) is 5.75. The molecule has 3 rings (SSSR count). The molecule has 1 amide bonds. The molecule has 1 saturated carbocycles. The number of likely N-dealkylation sites (N-methyl/N-ethyl adjacent to an activating group) is 1. The van der Waals surface area contributed by atoms with Gasteiger partial charge in [-0.2, -0.15) is 0 Å². The van der Waals surface area contributed by atoms with E-state index in [0.29, 0.717) is 12.5 Å². The van der Waals surface area contributed by atoms with Crippen LogP contribution in [0, 0.1) is 6.92 Å². The van der Waals surface area contributed by atoms with Gasteiger partial charge in [-0.25, -0.2) is 0 Å². The first-order valence-corrected chi connectivity index (χ1v) is 7.53. The predicted molar refractivity (Wildman–Crippen MR) is 99.2 cm³/mol. The van der Waals surface area contributed by atoms with Gasteiger partial charge in [0, 0.05) is 30.1 Å². The van der Waals surface area contributed by atoms with E-state index in [1.165, 1.54) is 12.8 Å². The van der Waals surface area contributed by atoms with Crippen LogP contribution in [0.25, 0.3) is 10.9 Å². The molecule has 0 bridgehead atoms. The van der Waals surface area contributed by atoms with Crippen LogP contribution in [0.3, 0.4) is 0 Å². The van der Waals surface area contributed by atoms with E-state index in [-0.39, 0.29) is 30.7 Å². The summed E-state index contributed by atoms with van der Waals surface area (Å²) in [6, 6.07) is 8.09. The van der Waals surface area contributed by atoms with E-state index in [1.54, 1.807) is 0 Å². The lowest BCUT2D eigenvalue weighted by molar-refractivity contribution is 0.0955. The monoisotopic (exact) mass is 355 g/mol. The molecule has 1 aromatic carbocycles. The summed E-state index contributed by atoms with van der Waals surface area (Å²) in [5, 5.41) is 6.95. The van der Waals surface area contributed by atoms with Gasteiger partial charge in [-0.05, 0) is 45.0 Å². The van der Waals surface area contributed by atoms with Gasteiger partial charge in [0.1, 0.15) is 0 Å². The van der Waals surface area contributed by atoms with Gasteiger partial charge in [0.2, 0.25) is 0 Å². The molecule has 0 aliphatic heterocycles. The molecule has 0 spiro atoms. The molecule has 0 atom stereocenters. The molecule has 6 heteroatoms. The Bertz CT molecular complexity index is 687. The first-order chi connectivity index (χ1) is 10.2. The average Bonchev–Trinajstić information content (AvgIpc) is 3.31. The number of aryl methyl sites for hydroxylation is 1. The summed E-state index contributed by atoms with van der Waals surface area (Å²) in [4.78, 5) is 17.2. The highest BCUT2D eigenvalue weighted by Crippen LogP contribution is 2.40. The number of hydrogen-bond acceptors (Lipinski definition) is 3. The fourth-order valence-corrected chi connectivity index (χ4v) is 2.53. The number of pyridine rings is 1. The molecule has 0 saturated heterocycles. The van der Waals surface area contributed by atoms with Crippen LogP contribution in [0.2, 0.25) is 0 Å². The number of nitrogens with one attached hydrogen (secondary N) is 2. The van der Waals surface area contributed by atoms with E-state index >= 15 is 0 Å². The number of hydrogen-bond donors (Lipinski definition) is 2. The SMILES string of the molecule is CNCCNC(=O)c1cc(C2CC2)nc2ccc(C)cc12.Cl.Cl. The maximum absolute atomic E-state index is 12.5. The molecule has 2 N–H and O–H groups in total. The van der Waals surface area contributed by atoms with Gasteiger partial charge in [-0.3, -0.25) is 9.78 Å². The maximum Gasteiger partial charge on any atom is 0.252 e. The Labute approximate surface area is 149 Å². The highest BCUT2D eigenvalue weighted by Gasteiger charge is 2.26.